The highest BCUT2D eigenvalue weighted by Gasteiger charge is 2.09. The van der Waals surface area contributed by atoms with Gasteiger partial charge in [0, 0.05) is 37.7 Å². The Morgan fingerprint density at radius 3 is 2.45 bits per heavy atom. The summed E-state index contributed by atoms with van der Waals surface area (Å²) in [7, 11) is -1.24. The molecular weight excluding hydrogens is 274 g/mol. The van der Waals surface area contributed by atoms with Gasteiger partial charge in [0.15, 0.2) is 9.84 Å². The Bertz CT molecular complexity index is 675. The molecule has 1 heterocycles. The first kappa shape index (κ1) is 14.7. The molecule has 1 aromatic carbocycles. The van der Waals surface area contributed by atoms with Crippen LogP contribution in [0.5, 0.6) is 0 Å². The van der Waals surface area contributed by atoms with Crippen molar-refractivity contribution in [1.82, 2.24) is 15.1 Å². The number of rotatable bonds is 5. The van der Waals surface area contributed by atoms with Gasteiger partial charge in [-0.2, -0.15) is 5.10 Å². The van der Waals surface area contributed by atoms with Crippen LogP contribution in [0.1, 0.15) is 24.1 Å². The molecule has 1 N–H and O–H groups in total. The summed E-state index contributed by atoms with van der Waals surface area (Å²) in [6.07, 6.45) is 5.00. The van der Waals surface area contributed by atoms with Gasteiger partial charge in [0.1, 0.15) is 0 Å². The first-order chi connectivity index (χ1) is 9.36. The minimum absolute atomic E-state index is 0.142. The lowest BCUT2D eigenvalue weighted by Crippen LogP contribution is -2.17. The summed E-state index contributed by atoms with van der Waals surface area (Å²) < 4.78 is 24.6. The third-order valence-corrected chi connectivity index (χ3v) is 4.31. The molecule has 1 atom stereocenters. The molecule has 2 aromatic rings. The van der Waals surface area contributed by atoms with Crippen LogP contribution in [0.15, 0.2) is 41.6 Å². The fraction of sp³-hybridized carbons (Fsp3) is 0.357. The van der Waals surface area contributed by atoms with E-state index < -0.39 is 9.84 Å². The fourth-order valence-corrected chi connectivity index (χ4v) is 2.59. The molecule has 0 fully saturated rings. The van der Waals surface area contributed by atoms with Gasteiger partial charge in [-0.1, -0.05) is 12.1 Å². The van der Waals surface area contributed by atoms with Crippen molar-refractivity contribution in [2.45, 2.75) is 24.4 Å². The second kappa shape index (κ2) is 5.76. The van der Waals surface area contributed by atoms with Crippen molar-refractivity contribution in [3.63, 3.8) is 0 Å². The van der Waals surface area contributed by atoms with Crippen LogP contribution in [0.2, 0.25) is 0 Å². The van der Waals surface area contributed by atoms with E-state index in [1.165, 1.54) is 6.26 Å². The lowest BCUT2D eigenvalue weighted by molar-refractivity contribution is 0.573. The average molecular weight is 293 g/mol. The zero-order valence-corrected chi connectivity index (χ0v) is 12.7. The van der Waals surface area contributed by atoms with Crippen LogP contribution in [-0.2, 0) is 23.4 Å². The molecule has 0 aliphatic carbocycles. The lowest BCUT2D eigenvalue weighted by atomic mass is 10.1. The molecule has 0 saturated carbocycles. The predicted molar refractivity (Wildman–Crippen MR) is 78.0 cm³/mol. The molecule has 0 bridgehead atoms. The highest BCUT2D eigenvalue weighted by molar-refractivity contribution is 7.90. The molecule has 6 heteroatoms. The number of hydrogen-bond donors (Lipinski definition) is 1. The van der Waals surface area contributed by atoms with Crippen LogP contribution in [0.3, 0.4) is 0 Å². The van der Waals surface area contributed by atoms with Gasteiger partial charge >= 0.3 is 0 Å². The van der Waals surface area contributed by atoms with Crippen molar-refractivity contribution in [3.05, 3.63) is 47.8 Å². The molecule has 0 amide bonds. The van der Waals surface area contributed by atoms with Crippen molar-refractivity contribution in [1.29, 1.82) is 0 Å². The quantitative estimate of drug-likeness (QED) is 0.911. The summed E-state index contributed by atoms with van der Waals surface area (Å²) in [5, 5.41) is 7.50. The Kier molecular flexibility index (Phi) is 4.25. The molecule has 0 aliphatic heterocycles. The minimum Gasteiger partial charge on any atom is -0.306 e. The number of aryl methyl sites for hydroxylation is 1. The Balaban J connectivity index is 2.00. The van der Waals surface area contributed by atoms with Crippen LogP contribution in [-0.4, -0.2) is 24.5 Å². The van der Waals surface area contributed by atoms with Gasteiger partial charge in [0.25, 0.3) is 0 Å². The second-order valence-electron chi connectivity index (χ2n) is 4.97. The molecule has 1 aromatic heterocycles. The zero-order chi connectivity index (χ0) is 14.8. The summed E-state index contributed by atoms with van der Waals surface area (Å²) in [5.74, 6) is 0. The summed E-state index contributed by atoms with van der Waals surface area (Å²) in [4.78, 5) is 0.348. The van der Waals surface area contributed by atoms with Gasteiger partial charge in [-0.25, -0.2) is 8.42 Å². The van der Waals surface area contributed by atoms with Crippen molar-refractivity contribution >= 4 is 9.84 Å². The molecule has 0 aliphatic rings. The minimum atomic E-state index is -3.13. The topological polar surface area (TPSA) is 64.0 Å². The number of benzene rings is 1. The maximum absolute atomic E-state index is 11.4. The molecule has 1 unspecified atom stereocenters. The van der Waals surface area contributed by atoms with Crippen LogP contribution in [0.25, 0.3) is 0 Å². The van der Waals surface area contributed by atoms with Gasteiger partial charge in [-0.3, -0.25) is 4.68 Å². The first-order valence-corrected chi connectivity index (χ1v) is 8.26. The van der Waals surface area contributed by atoms with Crippen LogP contribution >= 0.6 is 0 Å². The van der Waals surface area contributed by atoms with Gasteiger partial charge < -0.3 is 5.32 Å². The molecule has 5 nitrogen and oxygen atoms in total. The van der Waals surface area contributed by atoms with E-state index in [0.29, 0.717) is 4.90 Å². The Morgan fingerprint density at radius 2 is 1.95 bits per heavy atom. The smallest absolute Gasteiger partial charge is 0.175 e. The van der Waals surface area contributed by atoms with Gasteiger partial charge in [-0.05, 0) is 24.6 Å². The highest BCUT2D eigenvalue weighted by atomic mass is 32.2. The van der Waals surface area contributed by atoms with Crippen molar-refractivity contribution in [2.75, 3.05) is 6.26 Å². The molecule has 0 saturated heterocycles. The van der Waals surface area contributed by atoms with Crippen LogP contribution in [0, 0.1) is 0 Å². The third-order valence-electron chi connectivity index (χ3n) is 3.18. The largest absolute Gasteiger partial charge is 0.306 e. The monoisotopic (exact) mass is 293 g/mol. The Morgan fingerprint density at radius 1 is 1.30 bits per heavy atom. The van der Waals surface area contributed by atoms with Crippen LogP contribution < -0.4 is 5.32 Å². The molecule has 0 radical (unpaired) electrons. The second-order valence-corrected chi connectivity index (χ2v) is 6.98. The van der Waals surface area contributed by atoms with E-state index >= 15 is 0 Å². The van der Waals surface area contributed by atoms with E-state index in [2.05, 4.69) is 10.4 Å². The first-order valence-electron chi connectivity index (χ1n) is 6.37. The Labute approximate surface area is 119 Å². The standard InChI is InChI=1S/C14H19N3O2S/c1-11(15-8-12-9-16-17(2)10-12)13-4-6-14(7-5-13)20(3,18)19/h4-7,9-11,15H,8H2,1-3H3. The maximum Gasteiger partial charge on any atom is 0.175 e. The predicted octanol–water partition coefficient (Wildman–Crippen LogP) is 1.67. The number of nitrogens with one attached hydrogen (secondary N) is 1. The molecule has 108 valence electrons. The third kappa shape index (κ3) is 3.68. The number of sulfone groups is 1. The van der Waals surface area contributed by atoms with E-state index in [-0.39, 0.29) is 6.04 Å². The van der Waals surface area contributed by atoms with E-state index in [1.807, 2.05) is 38.5 Å². The van der Waals surface area contributed by atoms with Crippen molar-refractivity contribution < 1.29 is 8.42 Å². The molecule has 2 rings (SSSR count). The zero-order valence-electron chi connectivity index (χ0n) is 11.9. The summed E-state index contributed by atoms with van der Waals surface area (Å²) >= 11 is 0. The van der Waals surface area contributed by atoms with Gasteiger partial charge in [0.05, 0.1) is 11.1 Å². The van der Waals surface area contributed by atoms with Crippen molar-refractivity contribution in [3.8, 4) is 0 Å². The summed E-state index contributed by atoms with van der Waals surface area (Å²) in [6, 6.07) is 7.12. The van der Waals surface area contributed by atoms with Gasteiger partial charge in [-0.15, -0.1) is 0 Å². The molecule has 0 spiro atoms. The number of nitrogens with zero attached hydrogens (tertiary/aromatic N) is 2. The van der Waals surface area contributed by atoms with E-state index in [4.69, 9.17) is 0 Å². The average Bonchev–Trinajstić information content (AvgIpc) is 2.81. The SMILES string of the molecule is CC(NCc1cnn(C)c1)c1ccc(S(C)(=O)=O)cc1. The van der Waals surface area contributed by atoms with Gasteiger partial charge in [0.2, 0.25) is 0 Å². The van der Waals surface area contributed by atoms with Crippen LogP contribution in [0.4, 0.5) is 0 Å². The summed E-state index contributed by atoms with van der Waals surface area (Å²) in [5.41, 5.74) is 2.17. The van der Waals surface area contributed by atoms with Crippen molar-refractivity contribution in [2.24, 2.45) is 7.05 Å². The summed E-state index contributed by atoms with van der Waals surface area (Å²) in [6.45, 7) is 2.77. The van der Waals surface area contributed by atoms with E-state index in [0.717, 1.165) is 17.7 Å². The molecular formula is C14H19N3O2S. The lowest BCUT2D eigenvalue weighted by Gasteiger charge is -2.14. The Hall–Kier alpha value is -1.66. The normalized spacial score (nSPS) is 13.3. The fourth-order valence-electron chi connectivity index (χ4n) is 1.96. The van der Waals surface area contributed by atoms with E-state index in [9.17, 15) is 8.42 Å². The number of hydrogen-bond acceptors (Lipinski definition) is 4. The molecule has 20 heavy (non-hydrogen) atoms. The highest BCUT2D eigenvalue weighted by Crippen LogP contribution is 2.16. The number of aromatic nitrogens is 2. The van der Waals surface area contributed by atoms with E-state index in [1.54, 1.807) is 16.8 Å². The maximum atomic E-state index is 11.4.